The highest BCUT2D eigenvalue weighted by Crippen LogP contribution is 2.32. The first-order chi connectivity index (χ1) is 16.6. The second-order valence-corrected chi connectivity index (χ2v) is 8.27. The minimum absolute atomic E-state index is 0.0152. The SMILES string of the molecule is C=N/C=C\C(C(=O)O)=C(/C)NC[C@H]1NCCc2cc(-c3ccc(OCC(F)(F)F)cc3C)ccc21. The van der Waals surface area contributed by atoms with E-state index >= 15 is 0 Å². The lowest BCUT2D eigenvalue weighted by Gasteiger charge is -2.28. The van der Waals surface area contributed by atoms with Crippen LogP contribution in [-0.2, 0) is 11.2 Å². The number of carbonyl (C=O) groups is 1. The van der Waals surface area contributed by atoms with Crippen molar-refractivity contribution in [2.45, 2.75) is 32.5 Å². The maximum atomic E-state index is 12.4. The lowest BCUT2D eigenvalue weighted by Crippen LogP contribution is -2.36. The summed E-state index contributed by atoms with van der Waals surface area (Å²) in [6, 6.07) is 11.0. The van der Waals surface area contributed by atoms with Crippen LogP contribution < -0.4 is 15.4 Å². The van der Waals surface area contributed by atoms with Gasteiger partial charge in [0.25, 0.3) is 0 Å². The maximum absolute atomic E-state index is 12.4. The zero-order chi connectivity index (χ0) is 25.6. The summed E-state index contributed by atoms with van der Waals surface area (Å²) in [7, 11) is 0. The third kappa shape index (κ3) is 6.95. The number of aryl methyl sites for hydroxylation is 1. The van der Waals surface area contributed by atoms with E-state index in [4.69, 9.17) is 4.74 Å². The lowest BCUT2D eigenvalue weighted by molar-refractivity contribution is -0.153. The molecule has 0 radical (unpaired) electrons. The molecule has 0 unspecified atom stereocenters. The fourth-order valence-corrected chi connectivity index (χ4v) is 4.05. The average molecular weight is 488 g/mol. The van der Waals surface area contributed by atoms with Gasteiger partial charge >= 0.3 is 12.1 Å². The summed E-state index contributed by atoms with van der Waals surface area (Å²) in [5, 5.41) is 16.1. The average Bonchev–Trinajstić information content (AvgIpc) is 2.80. The highest BCUT2D eigenvalue weighted by molar-refractivity contribution is 5.90. The van der Waals surface area contributed by atoms with Crippen LogP contribution in [-0.4, -0.2) is 43.7 Å². The molecule has 0 spiro atoms. The summed E-state index contributed by atoms with van der Waals surface area (Å²) in [5.41, 5.74) is 5.63. The third-order valence-electron chi connectivity index (χ3n) is 5.77. The van der Waals surface area contributed by atoms with Crippen molar-refractivity contribution in [2.24, 2.45) is 4.99 Å². The number of allylic oxidation sites excluding steroid dienone is 1. The second-order valence-electron chi connectivity index (χ2n) is 8.27. The Bertz CT molecular complexity index is 1160. The first-order valence-electron chi connectivity index (χ1n) is 11.1. The van der Waals surface area contributed by atoms with Crippen LogP contribution in [0.1, 0.15) is 29.7 Å². The van der Waals surface area contributed by atoms with E-state index in [1.807, 2.05) is 19.1 Å². The molecule has 6 nitrogen and oxygen atoms in total. The van der Waals surface area contributed by atoms with Gasteiger partial charge in [-0.3, -0.25) is 4.99 Å². The summed E-state index contributed by atoms with van der Waals surface area (Å²) in [4.78, 5) is 15.1. The molecule has 3 rings (SSSR count). The van der Waals surface area contributed by atoms with Crippen LogP contribution in [0.5, 0.6) is 5.75 Å². The molecule has 186 valence electrons. The van der Waals surface area contributed by atoms with E-state index in [0.717, 1.165) is 35.2 Å². The van der Waals surface area contributed by atoms with Crippen LogP contribution in [0.25, 0.3) is 11.1 Å². The molecule has 0 bridgehead atoms. The molecule has 1 heterocycles. The number of fused-ring (bicyclic) bond motifs is 1. The topological polar surface area (TPSA) is 83.0 Å². The van der Waals surface area contributed by atoms with Crippen LogP contribution in [0.15, 0.2) is 64.9 Å². The monoisotopic (exact) mass is 487 g/mol. The fraction of sp³-hybridized carbons (Fsp3) is 0.308. The van der Waals surface area contributed by atoms with E-state index in [9.17, 15) is 23.1 Å². The Morgan fingerprint density at radius 3 is 2.74 bits per heavy atom. The summed E-state index contributed by atoms with van der Waals surface area (Å²) in [5.74, 6) is -0.874. The molecule has 0 aliphatic carbocycles. The van der Waals surface area contributed by atoms with E-state index in [1.54, 1.807) is 25.1 Å². The number of aliphatic imine (C=N–C) groups is 1. The first kappa shape index (κ1) is 26.0. The molecule has 2 aromatic rings. The van der Waals surface area contributed by atoms with Crippen molar-refractivity contribution in [2.75, 3.05) is 19.7 Å². The van der Waals surface area contributed by atoms with Crippen molar-refractivity contribution < 1.29 is 27.8 Å². The number of benzene rings is 2. The molecule has 0 amide bonds. The maximum Gasteiger partial charge on any atom is 0.422 e. The van der Waals surface area contributed by atoms with Crippen molar-refractivity contribution in [3.8, 4) is 16.9 Å². The van der Waals surface area contributed by atoms with Gasteiger partial charge in [0.1, 0.15) is 5.75 Å². The summed E-state index contributed by atoms with van der Waals surface area (Å²) in [6.45, 7) is 6.80. The number of carboxylic acid groups (broad SMARTS) is 1. The van der Waals surface area contributed by atoms with Gasteiger partial charge in [-0.2, -0.15) is 13.2 Å². The summed E-state index contributed by atoms with van der Waals surface area (Å²) >= 11 is 0. The third-order valence-corrected chi connectivity index (χ3v) is 5.77. The smallest absolute Gasteiger partial charge is 0.422 e. The number of nitrogens with one attached hydrogen (secondary N) is 2. The van der Waals surface area contributed by atoms with E-state index in [-0.39, 0.29) is 17.4 Å². The number of alkyl halides is 3. The molecule has 1 aliphatic rings. The van der Waals surface area contributed by atoms with Gasteiger partial charge in [-0.25, -0.2) is 4.79 Å². The normalized spacial score (nSPS) is 16.4. The standard InChI is InChI=1S/C26H28F3N3O3/c1-16-12-20(35-15-26(27,28)29)5-7-21(16)18-4-6-23-19(13-18)8-11-31-24(23)14-32-17(2)22(25(33)34)9-10-30-3/h4-7,9-10,12-13,24,31-32H,3,8,11,14-15H2,1-2H3,(H,33,34)/b10-9-,22-17-/t24-/m1/s1. The number of hydrogen-bond acceptors (Lipinski definition) is 5. The van der Waals surface area contributed by atoms with Crippen molar-refractivity contribution in [3.05, 3.63) is 76.6 Å². The summed E-state index contributed by atoms with van der Waals surface area (Å²) in [6.07, 6.45) is -0.822. The Labute approximate surface area is 202 Å². The van der Waals surface area contributed by atoms with E-state index in [1.165, 1.54) is 17.8 Å². The van der Waals surface area contributed by atoms with E-state index in [2.05, 4.69) is 28.4 Å². The molecular weight excluding hydrogens is 459 g/mol. The minimum Gasteiger partial charge on any atom is -0.484 e. The number of rotatable bonds is 9. The van der Waals surface area contributed by atoms with Gasteiger partial charge in [-0.05, 0) is 79.6 Å². The molecule has 3 N–H and O–H groups in total. The van der Waals surface area contributed by atoms with Crippen LogP contribution in [0, 0.1) is 6.92 Å². The Morgan fingerprint density at radius 2 is 2.09 bits per heavy atom. The first-order valence-corrected chi connectivity index (χ1v) is 11.1. The van der Waals surface area contributed by atoms with Gasteiger partial charge < -0.3 is 20.5 Å². The minimum atomic E-state index is -4.38. The molecule has 1 aliphatic heterocycles. The number of aliphatic carboxylic acids is 1. The number of carboxylic acids is 1. The van der Waals surface area contributed by atoms with Gasteiger partial charge in [0, 0.05) is 24.5 Å². The molecule has 2 aromatic carbocycles. The molecule has 0 saturated heterocycles. The zero-order valence-electron chi connectivity index (χ0n) is 19.6. The number of ether oxygens (including phenoxy) is 1. The summed E-state index contributed by atoms with van der Waals surface area (Å²) < 4.78 is 42.1. The van der Waals surface area contributed by atoms with Crippen LogP contribution in [0.4, 0.5) is 13.2 Å². The highest BCUT2D eigenvalue weighted by Gasteiger charge is 2.28. The van der Waals surface area contributed by atoms with Crippen molar-refractivity contribution in [1.29, 1.82) is 0 Å². The molecule has 1 atom stereocenters. The van der Waals surface area contributed by atoms with E-state index < -0.39 is 18.8 Å². The molecular formula is C26H28F3N3O3. The lowest BCUT2D eigenvalue weighted by atomic mass is 9.89. The van der Waals surface area contributed by atoms with Crippen molar-refractivity contribution in [1.82, 2.24) is 10.6 Å². The fourth-order valence-electron chi connectivity index (χ4n) is 4.05. The van der Waals surface area contributed by atoms with Crippen molar-refractivity contribution >= 4 is 12.7 Å². The predicted molar refractivity (Wildman–Crippen MR) is 130 cm³/mol. The molecule has 9 heteroatoms. The van der Waals surface area contributed by atoms with Crippen LogP contribution in [0.3, 0.4) is 0 Å². The van der Waals surface area contributed by atoms with E-state index in [0.29, 0.717) is 12.2 Å². The molecule has 0 aromatic heterocycles. The van der Waals surface area contributed by atoms with Gasteiger partial charge in [0.15, 0.2) is 6.61 Å². The predicted octanol–water partition coefficient (Wildman–Crippen LogP) is 4.95. The Morgan fingerprint density at radius 1 is 1.31 bits per heavy atom. The quantitative estimate of drug-likeness (QED) is 0.265. The molecule has 35 heavy (non-hydrogen) atoms. The highest BCUT2D eigenvalue weighted by atomic mass is 19.4. The Kier molecular flexibility index (Phi) is 8.34. The van der Waals surface area contributed by atoms with Gasteiger partial charge in [-0.15, -0.1) is 0 Å². The zero-order valence-corrected chi connectivity index (χ0v) is 19.6. The molecule has 0 fully saturated rings. The number of nitrogens with zero attached hydrogens (tertiary/aromatic N) is 1. The van der Waals surface area contributed by atoms with Gasteiger partial charge in [0.05, 0.1) is 5.57 Å². The van der Waals surface area contributed by atoms with Crippen LogP contribution in [0.2, 0.25) is 0 Å². The van der Waals surface area contributed by atoms with Gasteiger partial charge in [-0.1, -0.05) is 24.3 Å². The largest absolute Gasteiger partial charge is 0.484 e. The molecule has 0 saturated carbocycles. The Balaban J connectivity index is 1.77. The van der Waals surface area contributed by atoms with Crippen LogP contribution >= 0.6 is 0 Å². The van der Waals surface area contributed by atoms with Gasteiger partial charge in [0.2, 0.25) is 0 Å². The second kappa shape index (κ2) is 11.2. The Hall–Kier alpha value is -3.59. The van der Waals surface area contributed by atoms with Crippen molar-refractivity contribution in [3.63, 3.8) is 0 Å². The number of halogens is 3. The number of hydrogen-bond donors (Lipinski definition) is 3.